The minimum Gasteiger partial charge on any atom is -0.380 e. The van der Waals surface area contributed by atoms with Gasteiger partial charge in [-0.05, 0) is 31.7 Å². The van der Waals surface area contributed by atoms with Crippen LogP contribution in [0.4, 0.5) is 10.1 Å². The molecule has 2 aliphatic heterocycles. The van der Waals surface area contributed by atoms with Crippen LogP contribution in [0.1, 0.15) is 6.42 Å². The number of halogens is 1. The second-order valence-electron chi connectivity index (χ2n) is 5.86. The van der Waals surface area contributed by atoms with Gasteiger partial charge >= 0.3 is 0 Å². The van der Waals surface area contributed by atoms with Gasteiger partial charge in [0.2, 0.25) is 10.0 Å². The van der Waals surface area contributed by atoms with Gasteiger partial charge < -0.3 is 9.64 Å². The maximum absolute atomic E-state index is 14.3. The minimum atomic E-state index is -3.62. The van der Waals surface area contributed by atoms with Gasteiger partial charge in [-0.15, -0.1) is 0 Å². The summed E-state index contributed by atoms with van der Waals surface area (Å²) in [5.41, 5.74) is 0.461. The Kier molecular flexibility index (Phi) is 4.86. The molecule has 0 aliphatic carbocycles. The number of sulfonamides is 1. The second-order valence-corrected chi connectivity index (χ2v) is 7.75. The first-order valence-electron chi connectivity index (χ1n) is 7.81. The van der Waals surface area contributed by atoms with Gasteiger partial charge in [-0.25, -0.2) is 17.5 Å². The molecular formula is C15H22FN3O3S. The molecule has 0 bridgehead atoms. The third-order valence-electron chi connectivity index (χ3n) is 4.58. The molecule has 2 fully saturated rings. The molecule has 2 aliphatic rings. The third-order valence-corrected chi connectivity index (χ3v) is 5.99. The van der Waals surface area contributed by atoms with Crippen LogP contribution in [0.15, 0.2) is 23.1 Å². The van der Waals surface area contributed by atoms with Crippen LogP contribution in [-0.2, 0) is 14.8 Å². The van der Waals surface area contributed by atoms with Crippen molar-refractivity contribution in [2.24, 2.45) is 0 Å². The molecule has 1 unspecified atom stereocenters. The van der Waals surface area contributed by atoms with Crippen LogP contribution in [0.5, 0.6) is 0 Å². The smallest absolute Gasteiger partial charge is 0.240 e. The molecule has 23 heavy (non-hydrogen) atoms. The first-order valence-corrected chi connectivity index (χ1v) is 9.29. The van der Waals surface area contributed by atoms with Gasteiger partial charge in [-0.2, -0.15) is 0 Å². The standard InChI is InChI=1S/C15H22FN3O3S/c1-17-23(20,21)13-2-3-15(14(16)10-13)19-7-5-18(6-8-19)12-4-9-22-11-12/h2-3,10,12,17H,4-9,11H2,1H3. The lowest BCUT2D eigenvalue weighted by atomic mass is 10.1. The average Bonchev–Trinajstić information content (AvgIpc) is 3.09. The predicted octanol–water partition coefficient (Wildman–Crippen LogP) is 0.645. The third kappa shape index (κ3) is 3.50. The average molecular weight is 343 g/mol. The number of hydrogen-bond acceptors (Lipinski definition) is 5. The number of rotatable bonds is 4. The zero-order valence-corrected chi connectivity index (χ0v) is 14.0. The van der Waals surface area contributed by atoms with Gasteiger partial charge in [0.1, 0.15) is 5.82 Å². The zero-order valence-electron chi connectivity index (χ0n) is 13.2. The summed E-state index contributed by atoms with van der Waals surface area (Å²) >= 11 is 0. The molecule has 2 heterocycles. The van der Waals surface area contributed by atoms with Crippen LogP contribution >= 0.6 is 0 Å². The fraction of sp³-hybridized carbons (Fsp3) is 0.600. The molecule has 3 rings (SSSR count). The highest BCUT2D eigenvalue weighted by molar-refractivity contribution is 7.89. The Bertz CT molecular complexity index is 654. The van der Waals surface area contributed by atoms with Crippen LogP contribution in [0.3, 0.4) is 0 Å². The second kappa shape index (κ2) is 6.72. The van der Waals surface area contributed by atoms with E-state index < -0.39 is 15.8 Å². The highest BCUT2D eigenvalue weighted by Crippen LogP contribution is 2.25. The van der Waals surface area contributed by atoms with Crippen molar-refractivity contribution >= 4 is 15.7 Å². The lowest BCUT2D eigenvalue weighted by Gasteiger charge is -2.38. The Morgan fingerprint density at radius 1 is 1.26 bits per heavy atom. The Hall–Kier alpha value is -1.22. The quantitative estimate of drug-likeness (QED) is 0.870. The summed E-state index contributed by atoms with van der Waals surface area (Å²) in [5, 5.41) is 0. The number of ether oxygens (including phenoxy) is 1. The molecular weight excluding hydrogens is 321 g/mol. The molecule has 1 N–H and O–H groups in total. The first kappa shape index (κ1) is 16.6. The highest BCUT2D eigenvalue weighted by atomic mass is 32.2. The van der Waals surface area contributed by atoms with Gasteiger partial charge in [0.25, 0.3) is 0 Å². The van der Waals surface area contributed by atoms with E-state index in [-0.39, 0.29) is 4.90 Å². The fourth-order valence-electron chi connectivity index (χ4n) is 3.17. The molecule has 8 heteroatoms. The summed E-state index contributed by atoms with van der Waals surface area (Å²) in [6.45, 7) is 4.79. The van der Waals surface area contributed by atoms with Crippen LogP contribution in [0.25, 0.3) is 0 Å². The summed E-state index contributed by atoms with van der Waals surface area (Å²) in [7, 11) is -2.31. The van der Waals surface area contributed by atoms with Crippen LogP contribution in [0, 0.1) is 5.82 Å². The highest BCUT2D eigenvalue weighted by Gasteiger charge is 2.27. The lowest BCUT2D eigenvalue weighted by molar-refractivity contribution is 0.139. The molecule has 2 saturated heterocycles. The molecule has 0 amide bonds. The molecule has 0 radical (unpaired) electrons. The molecule has 6 nitrogen and oxygen atoms in total. The lowest BCUT2D eigenvalue weighted by Crippen LogP contribution is -2.50. The number of benzene rings is 1. The van der Waals surface area contributed by atoms with Crippen molar-refractivity contribution in [2.75, 3.05) is 51.3 Å². The molecule has 1 aromatic rings. The van der Waals surface area contributed by atoms with Crippen molar-refractivity contribution in [3.63, 3.8) is 0 Å². The summed E-state index contributed by atoms with van der Waals surface area (Å²) in [5.74, 6) is -0.501. The Morgan fingerprint density at radius 3 is 2.57 bits per heavy atom. The molecule has 0 spiro atoms. The topological polar surface area (TPSA) is 61.9 Å². The van der Waals surface area contributed by atoms with Crippen molar-refractivity contribution in [3.8, 4) is 0 Å². The summed E-state index contributed by atoms with van der Waals surface area (Å²) in [4.78, 5) is 4.31. The van der Waals surface area contributed by atoms with E-state index >= 15 is 0 Å². The van der Waals surface area contributed by atoms with Gasteiger partial charge in [-0.1, -0.05) is 0 Å². The van der Waals surface area contributed by atoms with E-state index in [2.05, 4.69) is 9.62 Å². The maximum atomic E-state index is 14.3. The van der Waals surface area contributed by atoms with E-state index in [1.165, 1.54) is 13.1 Å². The van der Waals surface area contributed by atoms with E-state index in [4.69, 9.17) is 4.74 Å². The van der Waals surface area contributed by atoms with E-state index in [0.29, 0.717) is 11.7 Å². The van der Waals surface area contributed by atoms with Gasteiger partial charge in [0.05, 0.1) is 17.2 Å². The Balaban J connectivity index is 1.68. The van der Waals surface area contributed by atoms with E-state index in [9.17, 15) is 12.8 Å². The first-order chi connectivity index (χ1) is 11.0. The largest absolute Gasteiger partial charge is 0.380 e. The molecule has 0 aromatic heterocycles. The molecule has 1 atom stereocenters. The SMILES string of the molecule is CNS(=O)(=O)c1ccc(N2CCN(C3CCOC3)CC2)c(F)c1. The predicted molar refractivity (Wildman–Crippen MR) is 85.7 cm³/mol. The Morgan fingerprint density at radius 2 is 2.00 bits per heavy atom. The zero-order chi connectivity index (χ0) is 16.4. The van der Waals surface area contributed by atoms with Crippen molar-refractivity contribution in [1.82, 2.24) is 9.62 Å². The maximum Gasteiger partial charge on any atom is 0.240 e. The van der Waals surface area contributed by atoms with E-state index in [1.54, 1.807) is 6.07 Å². The fourth-order valence-corrected chi connectivity index (χ4v) is 3.91. The van der Waals surface area contributed by atoms with Crippen molar-refractivity contribution in [2.45, 2.75) is 17.4 Å². The van der Waals surface area contributed by atoms with Crippen molar-refractivity contribution in [1.29, 1.82) is 0 Å². The van der Waals surface area contributed by atoms with Crippen LogP contribution < -0.4 is 9.62 Å². The minimum absolute atomic E-state index is 0.0528. The number of nitrogens with zero attached hydrogens (tertiary/aromatic N) is 2. The van der Waals surface area contributed by atoms with Crippen molar-refractivity contribution < 1.29 is 17.5 Å². The number of hydrogen-bond donors (Lipinski definition) is 1. The summed E-state index contributed by atoms with van der Waals surface area (Å²) in [6.07, 6.45) is 1.06. The summed E-state index contributed by atoms with van der Waals surface area (Å²) in [6, 6.07) is 4.55. The molecule has 128 valence electrons. The monoisotopic (exact) mass is 343 g/mol. The van der Waals surface area contributed by atoms with Gasteiger partial charge in [-0.3, -0.25) is 4.90 Å². The number of nitrogens with one attached hydrogen (secondary N) is 1. The number of anilines is 1. The Labute approximate surface area is 136 Å². The van der Waals surface area contributed by atoms with E-state index in [1.807, 2.05) is 4.90 Å². The van der Waals surface area contributed by atoms with Crippen LogP contribution in [0.2, 0.25) is 0 Å². The van der Waals surface area contributed by atoms with Gasteiger partial charge in [0, 0.05) is 38.8 Å². The molecule has 1 aromatic carbocycles. The molecule has 0 saturated carbocycles. The van der Waals surface area contributed by atoms with Gasteiger partial charge in [0.15, 0.2) is 0 Å². The van der Waals surface area contributed by atoms with Crippen molar-refractivity contribution in [3.05, 3.63) is 24.0 Å². The normalized spacial score (nSPS) is 23.4. The van der Waals surface area contributed by atoms with Crippen LogP contribution in [-0.4, -0.2) is 65.8 Å². The van der Waals surface area contributed by atoms with E-state index in [0.717, 1.165) is 51.9 Å². The number of piperazine rings is 1. The summed E-state index contributed by atoms with van der Waals surface area (Å²) < 4.78 is 45.4.